The Morgan fingerprint density at radius 1 is 1.33 bits per heavy atom. The zero-order chi connectivity index (χ0) is 8.39. The van der Waals surface area contributed by atoms with Gasteiger partial charge in [-0.15, -0.1) is 0 Å². The molecule has 2 rings (SSSR count). The van der Waals surface area contributed by atoms with Crippen LogP contribution in [0.1, 0.15) is 25.7 Å². The second kappa shape index (κ2) is 3.75. The monoisotopic (exact) mass is 169 g/mol. The van der Waals surface area contributed by atoms with Crippen LogP contribution < -0.4 is 5.32 Å². The van der Waals surface area contributed by atoms with E-state index >= 15 is 0 Å². The van der Waals surface area contributed by atoms with Gasteiger partial charge in [-0.05, 0) is 44.1 Å². The lowest BCUT2D eigenvalue weighted by Crippen LogP contribution is -2.36. The predicted octanol–water partition coefficient (Wildman–Crippen LogP) is 1.41. The Hall–Kier alpha value is -0.0800. The summed E-state index contributed by atoms with van der Waals surface area (Å²) in [5.74, 6) is 1.91. The zero-order valence-corrected chi connectivity index (χ0v) is 7.88. The van der Waals surface area contributed by atoms with Gasteiger partial charge in [0.05, 0.1) is 6.61 Å². The third-order valence-corrected chi connectivity index (χ3v) is 2.90. The van der Waals surface area contributed by atoms with Crippen molar-refractivity contribution in [1.82, 2.24) is 5.32 Å². The van der Waals surface area contributed by atoms with E-state index in [0.717, 1.165) is 18.4 Å². The van der Waals surface area contributed by atoms with Crippen molar-refractivity contribution in [3.05, 3.63) is 0 Å². The third kappa shape index (κ3) is 2.46. The Labute approximate surface area is 74.7 Å². The standard InChI is InChI=1S/C10H19NO/c1-12-7-10(9-4-5-9)11-6-8-2-3-8/h8-11H,2-7H2,1H3. The van der Waals surface area contributed by atoms with Crippen molar-refractivity contribution in [2.75, 3.05) is 20.3 Å². The highest BCUT2D eigenvalue weighted by molar-refractivity contribution is 4.88. The molecule has 2 aliphatic carbocycles. The summed E-state index contributed by atoms with van der Waals surface area (Å²) in [6.45, 7) is 2.13. The van der Waals surface area contributed by atoms with Gasteiger partial charge in [0.25, 0.3) is 0 Å². The minimum Gasteiger partial charge on any atom is -0.383 e. The van der Waals surface area contributed by atoms with E-state index in [1.54, 1.807) is 7.11 Å². The highest BCUT2D eigenvalue weighted by atomic mass is 16.5. The van der Waals surface area contributed by atoms with Crippen LogP contribution in [0.15, 0.2) is 0 Å². The number of ether oxygens (including phenoxy) is 1. The highest BCUT2D eigenvalue weighted by Gasteiger charge is 2.32. The molecule has 0 radical (unpaired) electrons. The molecule has 2 heteroatoms. The maximum atomic E-state index is 5.20. The summed E-state index contributed by atoms with van der Waals surface area (Å²) in [5.41, 5.74) is 0. The van der Waals surface area contributed by atoms with Crippen LogP contribution in [0.4, 0.5) is 0 Å². The summed E-state index contributed by atoms with van der Waals surface area (Å²) in [6.07, 6.45) is 5.70. The van der Waals surface area contributed by atoms with Crippen LogP contribution in [0.2, 0.25) is 0 Å². The van der Waals surface area contributed by atoms with Crippen molar-refractivity contribution in [2.45, 2.75) is 31.7 Å². The highest BCUT2D eigenvalue weighted by Crippen LogP contribution is 2.34. The van der Waals surface area contributed by atoms with E-state index in [1.165, 1.54) is 32.2 Å². The number of rotatable bonds is 6. The van der Waals surface area contributed by atoms with Crippen molar-refractivity contribution >= 4 is 0 Å². The number of hydrogen-bond acceptors (Lipinski definition) is 2. The van der Waals surface area contributed by atoms with Gasteiger partial charge in [-0.1, -0.05) is 0 Å². The van der Waals surface area contributed by atoms with E-state index in [4.69, 9.17) is 4.74 Å². The van der Waals surface area contributed by atoms with Crippen molar-refractivity contribution in [2.24, 2.45) is 11.8 Å². The molecule has 0 saturated heterocycles. The van der Waals surface area contributed by atoms with Gasteiger partial charge in [-0.2, -0.15) is 0 Å². The number of nitrogens with one attached hydrogen (secondary N) is 1. The number of hydrogen-bond donors (Lipinski definition) is 1. The fraction of sp³-hybridized carbons (Fsp3) is 1.00. The molecule has 2 saturated carbocycles. The molecule has 0 bridgehead atoms. The second-order valence-corrected chi connectivity index (χ2v) is 4.25. The van der Waals surface area contributed by atoms with Gasteiger partial charge in [0.15, 0.2) is 0 Å². The van der Waals surface area contributed by atoms with Gasteiger partial charge in [0, 0.05) is 13.2 Å². The lowest BCUT2D eigenvalue weighted by molar-refractivity contribution is 0.157. The minimum atomic E-state index is 0.649. The van der Waals surface area contributed by atoms with Gasteiger partial charge in [-0.25, -0.2) is 0 Å². The van der Waals surface area contributed by atoms with Gasteiger partial charge in [-0.3, -0.25) is 0 Å². The molecule has 1 N–H and O–H groups in total. The summed E-state index contributed by atoms with van der Waals surface area (Å²) in [5, 5.41) is 3.62. The molecule has 2 aliphatic rings. The van der Waals surface area contributed by atoms with E-state index in [1.807, 2.05) is 0 Å². The summed E-state index contributed by atoms with van der Waals surface area (Å²) in [4.78, 5) is 0. The van der Waals surface area contributed by atoms with Gasteiger partial charge in [0.2, 0.25) is 0 Å². The first-order chi connectivity index (χ1) is 5.90. The molecular formula is C10H19NO. The smallest absolute Gasteiger partial charge is 0.0618 e. The summed E-state index contributed by atoms with van der Waals surface area (Å²) >= 11 is 0. The van der Waals surface area contributed by atoms with Gasteiger partial charge >= 0.3 is 0 Å². The van der Waals surface area contributed by atoms with Crippen LogP contribution in [0.3, 0.4) is 0 Å². The van der Waals surface area contributed by atoms with Gasteiger partial charge < -0.3 is 10.1 Å². The minimum absolute atomic E-state index is 0.649. The summed E-state index contributed by atoms with van der Waals surface area (Å²) in [7, 11) is 1.80. The Bertz CT molecular complexity index is 141. The molecule has 12 heavy (non-hydrogen) atoms. The lowest BCUT2D eigenvalue weighted by Gasteiger charge is -2.16. The van der Waals surface area contributed by atoms with Crippen LogP contribution in [0.25, 0.3) is 0 Å². The van der Waals surface area contributed by atoms with Crippen molar-refractivity contribution in [3.63, 3.8) is 0 Å². The Balaban J connectivity index is 1.64. The molecule has 0 aromatic rings. The quantitative estimate of drug-likeness (QED) is 0.649. The molecule has 1 unspecified atom stereocenters. The molecule has 1 atom stereocenters. The summed E-state index contributed by atoms with van der Waals surface area (Å²) < 4.78 is 5.20. The topological polar surface area (TPSA) is 21.3 Å². The molecule has 0 amide bonds. The molecular weight excluding hydrogens is 150 g/mol. The van der Waals surface area contributed by atoms with Crippen LogP contribution >= 0.6 is 0 Å². The molecule has 2 nitrogen and oxygen atoms in total. The van der Waals surface area contributed by atoms with Crippen molar-refractivity contribution in [1.29, 1.82) is 0 Å². The van der Waals surface area contributed by atoms with E-state index in [2.05, 4.69) is 5.32 Å². The molecule has 2 fully saturated rings. The first kappa shape index (κ1) is 8.52. The average molecular weight is 169 g/mol. The van der Waals surface area contributed by atoms with Crippen molar-refractivity contribution in [3.8, 4) is 0 Å². The first-order valence-electron chi connectivity index (χ1n) is 5.12. The average Bonchev–Trinajstić information content (AvgIpc) is 2.86. The first-order valence-corrected chi connectivity index (χ1v) is 5.12. The fourth-order valence-electron chi connectivity index (χ4n) is 1.68. The normalized spacial score (nSPS) is 25.8. The zero-order valence-electron chi connectivity index (χ0n) is 7.88. The molecule has 0 aromatic carbocycles. The Kier molecular flexibility index (Phi) is 2.66. The molecule has 0 aliphatic heterocycles. The van der Waals surface area contributed by atoms with E-state index in [9.17, 15) is 0 Å². The Morgan fingerprint density at radius 3 is 2.58 bits per heavy atom. The van der Waals surface area contributed by atoms with Crippen LogP contribution in [0.5, 0.6) is 0 Å². The molecule has 0 spiro atoms. The maximum absolute atomic E-state index is 5.20. The predicted molar refractivity (Wildman–Crippen MR) is 49.1 cm³/mol. The van der Waals surface area contributed by atoms with Crippen molar-refractivity contribution < 1.29 is 4.74 Å². The molecule has 0 heterocycles. The third-order valence-electron chi connectivity index (χ3n) is 2.90. The van der Waals surface area contributed by atoms with Crippen LogP contribution in [-0.4, -0.2) is 26.3 Å². The van der Waals surface area contributed by atoms with E-state index < -0.39 is 0 Å². The second-order valence-electron chi connectivity index (χ2n) is 4.25. The molecule has 0 aromatic heterocycles. The van der Waals surface area contributed by atoms with E-state index in [0.29, 0.717) is 6.04 Å². The Morgan fingerprint density at radius 2 is 2.08 bits per heavy atom. The van der Waals surface area contributed by atoms with Gasteiger partial charge in [0.1, 0.15) is 0 Å². The SMILES string of the molecule is COCC(NCC1CC1)C1CC1. The van der Waals surface area contributed by atoms with Crippen LogP contribution in [-0.2, 0) is 4.74 Å². The summed E-state index contributed by atoms with van der Waals surface area (Å²) in [6, 6.07) is 0.649. The largest absolute Gasteiger partial charge is 0.383 e. The lowest BCUT2D eigenvalue weighted by atomic mass is 10.2. The maximum Gasteiger partial charge on any atom is 0.0618 e. The van der Waals surface area contributed by atoms with E-state index in [-0.39, 0.29) is 0 Å². The molecule has 70 valence electrons. The number of methoxy groups -OCH3 is 1. The van der Waals surface area contributed by atoms with Crippen LogP contribution in [0, 0.1) is 11.8 Å². The fourth-order valence-corrected chi connectivity index (χ4v) is 1.68.